The average molecular weight is 425 g/mol. The maximum Gasteiger partial charge on any atom is 0.261 e. The van der Waals surface area contributed by atoms with E-state index < -0.39 is 0 Å². The van der Waals surface area contributed by atoms with Crippen molar-refractivity contribution in [1.29, 1.82) is 0 Å². The normalized spacial score (nSPS) is 14.6. The van der Waals surface area contributed by atoms with Gasteiger partial charge >= 0.3 is 0 Å². The molecule has 1 N–H and O–H groups in total. The Morgan fingerprint density at radius 1 is 1.07 bits per heavy atom. The molecule has 30 heavy (non-hydrogen) atoms. The van der Waals surface area contributed by atoms with Crippen molar-refractivity contribution in [3.63, 3.8) is 0 Å². The molecule has 0 atom stereocenters. The molecule has 0 bridgehead atoms. The Labute approximate surface area is 179 Å². The Hall–Kier alpha value is -3.13. The van der Waals surface area contributed by atoms with Crippen molar-refractivity contribution in [2.24, 2.45) is 7.05 Å². The number of nitrogens with zero attached hydrogens (tertiary/aromatic N) is 3. The molecule has 0 aliphatic carbocycles. The fourth-order valence-electron chi connectivity index (χ4n) is 3.79. The third-order valence-corrected chi connectivity index (χ3v) is 5.94. The number of methoxy groups -OCH3 is 1. The predicted octanol–water partition coefficient (Wildman–Crippen LogP) is 2.96. The summed E-state index contributed by atoms with van der Waals surface area (Å²) in [7, 11) is 3.29. The second kappa shape index (κ2) is 8.31. The van der Waals surface area contributed by atoms with Crippen molar-refractivity contribution < 1.29 is 9.53 Å². The monoisotopic (exact) mass is 424 g/mol. The molecule has 1 amide bonds. The van der Waals surface area contributed by atoms with E-state index in [2.05, 4.69) is 9.88 Å². The minimum atomic E-state index is -0.169. The van der Waals surface area contributed by atoms with E-state index in [-0.39, 0.29) is 11.5 Å². The zero-order chi connectivity index (χ0) is 21.3. The van der Waals surface area contributed by atoms with Crippen molar-refractivity contribution in [1.82, 2.24) is 14.5 Å². The van der Waals surface area contributed by atoms with Crippen LogP contribution in [0.2, 0.25) is 0 Å². The summed E-state index contributed by atoms with van der Waals surface area (Å²) in [4.78, 5) is 32.7. The topological polar surface area (TPSA) is 70.6 Å². The first-order chi connectivity index (χ1) is 14.5. The van der Waals surface area contributed by atoms with E-state index in [1.807, 2.05) is 29.2 Å². The summed E-state index contributed by atoms with van der Waals surface area (Å²) in [5.74, 6) is 0.795. The second-order valence-corrected chi connectivity index (χ2v) is 7.77. The summed E-state index contributed by atoms with van der Waals surface area (Å²) in [5, 5.41) is 0.518. The molecule has 4 rings (SSSR count). The zero-order valence-corrected chi connectivity index (χ0v) is 17.9. The van der Waals surface area contributed by atoms with Crippen LogP contribution < -0.4 is 15.2 Å². The summed E-state index contributed by atoms with van der Waals surface area (Å²) >= 11 is 5.19. The number of hydrogen-bond acceptors (Lipinski definition) is 5. The van der Waals surface area contributed by atoms with Gasteiger partial charge in [-0.25, -0.2) is 0 Å². The number of aromatic amines is 1. The van der Waals surface area contributed by atoms with E-state index in [1.54, 1.807) is 32.4 Å². The van der Waals surface area contributed by atoms with Gasteiger partial charge in [-0.1, -0.05) is 0 Å². The lowest BCUT2D eigenvalue weighted by atomic mass is 10.1. The van der Waals surface area contributed by atoms with Crippen molar-refractivity contribution in [2.45, 2.75) is 6.42 Å². The Kier molecular flexibility index (Phi) is 5.59. The summed E-state index contributed by atoms with van der Waals surface area (Å²) in [5.41, 5.74) is 2.10. The van der Waals surface area contributed by atoms with Crippen molar-refractivity contribution >= 4 is 34.7 Å². The lowest BCUT2D eigenvalue weighted by molar-refractivity contribution is 0.0767. The number of benzene rings is 2. The number of H-pyrrole nitrogens is 1. The van der Waals surface area contributed by atoms with Gasteiger partial charge in [-0.05, 0) is 61.1 Å². The lowest BCUT2D eigenvalue weighted by Gasteiger charge is -2.24. The SMILES string of the molecule is COc1ccc(N2CCCN(C(=O)c3ccc4c(=O)n(C)c(=S)[nH]c4c3)CC2)cc1. The van der Waals surface area contributed by atoms with Crippen LogP contribution in [0, 0.1) is 4.77 Å². The molecule has 7 nitrogen and oxygen atoms in total. The Bertz CT molecular complexity index is 1200. The van der Waals surface area contributed by atoms with Crippen LogP contribution >= 0.6 is 12.2 Å². The fourth-order valence-corrected chi connectivity index (χ4v) is 3.99. The molecule has 1 saturated heterocycles. The first kappa shape index (κ1) is 20.2. The van der Waals surface area contributed by atoms with Crippen LogP contribution in [0.25, 0.3) is 10.9 Å². The van der Waals surface area contributed by atoms with Crippen molar-refractivity contribution in [3.8, 4) is 5.75 Å². The Morgan fingerprint density at radius 3 is 2.57 bits per heavy atom. The molecular weight excluding hydrogens is 400 g/mol. The zero-order valence-electron chi connectivity index (χ0n) is 17.1. The molecule has 3 aromatic rings. The molecule has 0 spiro atoms. The molecule has 0 unspecified atom stereocenters. The van der Waals surface area contributed by atoms with Gasteiger partial charge in [0, 0.05) is 44.5 Å². The molecule has 1 aliphatic rings. The minimum absolute atomic E-state index is 0.0338. The number of carbonyl (C=O) groups is 1. The molecule has 1 fully saturated rings. The highest BCUT2D eigenvalue weighted by atomic mass is 32.1. The maximum absolute atomic E-state index is 13.1. The van der Waals surface area contributed by atoms with Crippen molar-refractivity contribution in [2.75, 3.05) is 38.2 Å². The number of nitrogens with one attached hydrogen (secondary N) is 1. The van der Waals surface area contributed by atoms with Gasteiger partial charge in [0.2, 0.25) is 0 Å². The smallest absolute Gasteiger partial charge is 0.261 e. The highest BCUT2D eigenvalue weighted by molar-refractivity contribution is 7.71. The third kappa shape index (κ3) is 3.82. The van der Waals surface area contributed by atoms with Gasteiger partial charge in [0.25, 0.3) is 11.5 Å². The molecular formula is C22H24N4O3S. The average Bonchev–Trinajstić information content (AvgIpc) is 3.03. The fraction of sp³-hybridized carbons (Fsp3) is 0.318. The summed E-state index contributed by atoms with van der Waals surface area (Å²) < 4.78 is 6.95. The second-order valence-electron chi connectivity index (χ2n) is 7.39. The molecule has 0 saturated carbocycles. The quantitative estimate of drug-likeness (QED) is 0.655. The number of anilines is 1. The van der Waals surface area contributed by atoms with Crippen molar-refractivity contribution in [3.05, 3.63) is 63.2 Å². The first-order valence-electron chi connectivity index (χ1n) is 9.89. The molecule has 1 aromatic heterocycles. The molecule has 2 heterocycles. The highest BCUT2D eigenvalue weighted by Crippen LogP contribution is 2.21. The number of ether oxygens (including phenoxy) is 1. The van der Waals surface area contributed by atoms with Crippen LogP contribution in [0.4, 0.5) is 5.69 Å². The van der Waals surface area contributed by atoms with Gasteiger partial charge in [-0.2, -0.15) is 0 Å². The van der Waals surface area contributed by atoms with E-state index in [0.29, 0.717) is 34.3 Å². The van der Waals surface area contributed by atoms with Gasteiger partial charge in [-0.15, -0.1) is 0 Å². The van der Waals surface area contributed by atoms with Crippen LogP contribution in [-0.2, 0) is 7.05 Å². The maximum atomic E-state index is 13.1. The van der Waals surface area contributed by atoms with Gasteiger partial charge in [0.1, 0.15) is 5.75 Å². The summed E-state index contributed by atoms with van der Waals surface area (Å²) in [6.07, 6.45) is 0.883. The van der Waals surface area contributed by atoms with E-state index in [1.165, 1.54) is 4.57 Å². The van der Waals surface area contributed by atoms with Crippen LogP contribution in [0.15, 0.2) is 47.3 Å². The van der Waals surface area contributed by atoms with E-state index >= 15 is 0 Å². The van der Waals surface area contributed by atoms with Crippen LogP contribution in [-0.4, -0.2) is 53.6 Å². The predicted molar refractivity (Wildman–Crippen MR) is 120 cm³/mol. The molecule has 2 aromatic carbocycles. The third-order valence-electron chi connectivity index (χ3n) is 5.57. The number of rotatable bonds is 3. The first-order valence-corrected chi connectivity index (χ1v) is 10.3. The van der Waals surface area contributed by atoms with E-state index in [0.717, 1.165) is 30.9 Å². The largest absolute Gasteiger partial charge is 0.497 e. The highest BCUT2D eigenvalue weighted by Gasteiger charge is 2.21. The summed E-state index contributed by atoms with van der Waals surface area (Å²) in [6.45, 7) is 2.97. The van der Waals surface area contributed by atoms with E-state index in [4.69, 9.17) is 17.0 Å². The van der Waals surface area contributed by atoms with Gasteiger partial charge in [0.15, 0.2) is 4.77 Å². The van der Waals surface area contributed by atoms with Crippen LogP contribution in [0.5, 0.6) is 5.75 Å². The molecule has 156 valence electrons. The summed E-state index contributed by atoms with van der Waals surface area (Å²) in [6, 6.07) is 13.1. The van der Waals surface area contributed by atoms with Gasteiger partial charge in [-0.3, -0.25) is 14.2 Å². The van der Waals surface area contributed by atoms with E-state index in [9.17, 15) is 9.59 Å². The minimum Gasteiger partial charge on any atom is -0.497 e. The van der Waals surface area contributed by atoms with Crippen LogP contribution in [0.1, 0.15) is 16.8 Å². The number of amides is 1. The molecule has 1 aliphatic heterocycles. The lowest BCUT2D eigenvalue weighted by Crippen LogP contribution is -2.35. The Balaban J connectivity index is 1.53. The number of hydrogen-bond donors (Lipinski definition) is 1. The van der Waals surface area contributed by atoms with Crippen LogP contribution in [0.3, 0.4) is 0 Å². The Morgan fingerprint density at radius 2 is 1.83 bits per heavy atom. The molecule has 0 radical (unpaired) electrons. The van der Waals surface area contributed by atoms with Gasteiger partial charge < -0.3 is 19.5 Å². The number of carbonyl (C=O) groups excluding carboxylic acids is 1. The van der Waals surface area contributed by atoms with Gasteiger partial charge in [0.05, 0.1) is 18.0 Å². The molecule has 8 heteroatoms. The standard InChI is InChI=1S/C22H24N4O3S/c1-24-21(28)18-9-4-15(14-19(18)23-22(24)30)20(27)26-11-3-10-25(12-13-26)16-5-7-17(29-2)8-6-16/h4-9,14H,3,10-13H2,1-2H3,(H,23,30). The number of aromatic nitrogens is 2. The number of fused-ring (bicyclic) bond motifs is 1.